The number of hydrogen-bond acceptors (Lipinski definition) is 6. The van der Waals surface area contributed by atoms with Gasteiger partial charge in [0.15, 0.2) is 16.6 Å². The van der Waals surface area contributed by atoms with Gasteiger partial charge in [-0.15, -0.1) is 11.3 Å². The van der Waals surface area contributed by atoms with Crippen LogP contribution in [0.15, 0.2) is 60.8 Å². The van der Waals surface area contributed by atoms with Crippen LogP contribution in [0.25, 0.3) is 23.0 Å². The molecule has 35 heavy (non-hydrogen) atoms. The summed E-state index contributed by atoms with van der Waals surface area (Å²) in [6.45, 7) is 0. The summed E-state index contributed by atoms with van der Waals surface area (Å²) in [5, 5.41) is 8.39. The van der Waals surface area contributed by atoms with E-state index in [9.17, 15) is 4.79 Å². The molecule has 0 unspecified atom stereocenters. The van der Waals surface area contributed by atoms with Crippen molar-refractivity contribution in [2.75, 3.05) is 19.5 Å². The Morgan fingerprint density at radius 3 is 2.63 bits per heavy atom. The molecule has 2 aromatic heterocycles. The number of hydrogen-bond donors (Lipinski definition) is 1. The van der Waals surface area contributed by atoms with Crippen LogP contribution in [-0.2, 0) is 17.6 Å². The van der Waals surface area contributed by atoms with E-state index in [0.717, 1.165) is 47.5 Å². The number of benzene rings is 2. The highest BCUT2D eigenvalue weighted by atomic mass is 32.1. The van der Waals surface area contributed by atoms with Crippen LogP contribution in [-0.4, -0.2) is 34.9 Å². The first-order chi connectivity index (χ1) is 17.1. The number of carbonyl (C=O) groups is 1. The molecule has 7 nitrogen and oxygen atoms in total. The number of nitrogens with one attached hydrogen (secondary N) is 1. The molecule has 1 amide bonds. The Labute approximate surface area is 208 Å². The standard InChI is InChI=1S/C27H26N4O3S/c1-33-22-14-12-18(16-23(22)34-2)26-19(17-31(30-26)20-8-4-3-5-9-20)13-15-25(32)29-27-28-21-10-6-7-11-24(21)35-27/h3-5,8-9,12-17H,6-7,10-11H2,1-2H3,(H,28,29,32)/b15-13+. The third-order valence-electron chi connectivity index (χ3n) is 5.91. The maximum absolute atomic E-state index is 12.7. The van der Waals surface area contributed by atoms with Gasteiger partial charge in [-0.1, -0.05) is 18.2 Å². The molecule has 2 heterocycles. The lowest BCUT2D eigenvalue weighted by molar-refractivity contribution is -0.111. The van der Waals surface area contributed by atoms with Crippen LogP contribution in [0, 0.1) is 0 Å². The second kappa shape index (κ2) is 10.1. The topological polar surface area (TPSA) is 78.3 Å². The first-order valence-corrected chi connectivity index (χ1v) is 12.3. The lowest BCUT2D eigenvalue weighted by Crippen LogP contribution is -2.07. The molecule has 0 spiro atoms. The number of carbonyl (C=O) groups excluding carboxylic acids is 1. The molecule has 178 valence electrons. The summed E-state index contributed by atoms with van der Waals surface area (Å²) in [4.78, 5) is 18.6. The number of aryl methyl sites for hydroxylation is 2. The predicted molar refractivity (Wildman–Crippen MR) is 139 cm³/mol. The van der Waals surface area contributed by atoms with Crippen LogP contribution >= 0.6 is 11.3 Å². The fraction of sp³-hybridized carbons (Fsp3) is 0.222. The number of thiazole rings is 1. The Hall–Kier alpha value is -3.91. The molecular weight excluding hydrogens is 460 g/mol. The molecule has 1 aliphatic rings. The number of amides is 1. The van der Waals surface area contributed by atoms with Crippen molar-refractivity contribution in [2.45, 2.75) is 25.7 Å². The molecule has 0 bridgehead atoms. The molecule has 0 saturated carbocycles. The summed E-state index contributed by atoms with van der Waals surface area (Å²) in [6.07, 6.45) is 9.60. The summed E-state index contributed by atoms with van der Waals surface area (Å²) in [5.41, 5.74) is 4.43. The fourth-order valence-electron chi connectivity index (χ4n) is 4.15. The molecule has 0 radical (unpaired) electrons. The van der Waals surface area contributed by atoms with Crippen LogP contribution in [0.1, 0.15) is 29.0 Å². The minimum atomic E-state index is -0.221. The fourth-order valence-corrected chi connectivity index (χ4v) is 5.20. The van der Waals surface area contributed by atoms with Crippen LogP contribution in [0.3, 0.4) is 0 Å². The average molecular weight is 487 g/mol. The highest BCUT2D eigenvalue weighted by molar-refractivity contribution is 7.15. The van der Waals surface area contributed by atoms with E-state index in [0.29, 0.717) is 16.6 Å². The van der Waals surface area contributed by atoms with Gasteiger partial charge in [0.2, 0.25) is 5.91 Å². The van der Waals surface area contributed by atoms with Gasteiger partial charge in [-0.05, 0) is 62.1 Å². The number of fused-ring (bicyclic) bond motifs is 1. The number of ether oxygens (including phenoxy) is 2. The van der Waals surface area contributed by atoms with E-state index in [1.165, 1.54) is 17.4 Å². The van der Waals surface area contributed by atoms with Crippen molar-refractivity contribution in [1.82, 2.24) is 14.8 Å². The zero-order chi connectivity index (χ0) is 24.2. The highest BCUT2D eigenvalue weighted by Gasteiger charge is 2.17. The first kappa shape index (κ1) is 22.9. The summed E-state index contributed by atoms with van der Waals surface area (Å²) < 4.78 is 12.7. The van der Waals surface area contributed by atoms with Crippen molar-refractivity contribution in [3.8, 4) is 28.4 Å². The number of methoxy groups -OCH3 is 2. The quantitative estimate of drug-likeness (QED) is 0.347. The second-order valence-corrected chi connectivity index (χ2v) is 9.29. The number of aromatic nitrogens is 3. The lowest BCUT2D eigenvalue weighted by atomic mass is 10.0. The Morgan fingerprint density at radius 2 is 1.86 bits per heavy atom. The predicted octanol–water partition coefficient (Wildman–Crippen LogP) is 5.54. The Balaban J connectivity index is 1.45. The van der Waals surface area contributed by atoms with Gasteiger partial charge in [0.05, 0.1) is 25.6 Å². The van der Waals surface area contributed by atoms with Gasteiger partial charge in [-0.25, -0.2) is 9.67 Å². The molecule has 0 fully saturated rings. The van der Waals surface area contributed by atoms with Crippen molar-refractivity contribution >= 4 is 28.5 Å². The second-order valence-electron chi connectivity index (χ2n) is 8.20. The third-order valence-corrected chi connectivity index (χ3v) is 6.98. The number of para-hydroxylation sites is 1. The van der Waals surface area contributed by atoms with E-state index < -0.39 is 0 Å². The Morgan fingerprint density at radius 1 is 1.06 bits per heavy atom. The van der Waals surface area contributed by atoms with Crippen molar-refractivity contribution < 1.29 is 14.3 Å². The zero-order valence-electron chi connectivity index (χ0n) is 19.7. The molecule has 0 aliphatic heterocycles. The van der Waals surface area contributed by atoms with Gasteiger partial charge in [-0.3, -0.25) is 10.1 Å². The van der Waals surface area contributed by atoms with Crippen LogP contribution < -0.4 is 14.8 Å². The maximum atomic E-state index is 12.7. The average Bonchev–Trinajstić information content (AvgIpc) is 3.51. The van der Waals surface area contributed by atoms with Gasteiger partial charge >= 0.3 is 0 Å². The van der Waals surface area contributed by atoms with Gasteiger partial charge in [-0.2, -0.15) is 5.10 Å². The minimum Gasteiger partial charge on any atom is -0.493 e. The van der Waals surface area contributed by atoms with E-state index in [2.05, 4.69) is 10.3 Å². The lowest BCUT2D eigenvalue weighted by Gasteiger charge is -2.09. The normalized spacial score (nSPS) is 13.0. The molecule has 0 atom stereocenters. The van der Waals surface area contributed by atoms with Gasteiger partial charge in [0, 0.05) is 28.3 Å². The SMILES string of the molecule is COc1ccc(-c2nn(-c3ccccc3)cc2/C=C/C(=O)Nc2nc3c(s2)CCCC3)cc1OC. The zero-order valence-corrected chi connectivity index (χ0v) is 20.5. The minimum absolute atomic E-state index is 0.221. The first-order valence-electron chi connectivity index (χ1n) is 11.5. The van der Waals surface area contributed by atoms with Gasteiger partial charge in [0.1, 0.15) is 5.69 Å². The monoisotopic (exact) mass is 486 g/mol. The van der Waals surface area contributed by atoms with E-state index >= 15 is 0 Å². The highest BCUT2D eigenvalue weighted by Crippen LogP contribution is 2.34. The summed E-state index contributed by atoms with van der Waals surface area (Å²) in [6, 6.07) is 15.5. The molecule has 2 aromatic carbocycles. The van der Waals surface area contributed by atoms with E-state index in [1.54, 1.807) is 36.3 Å². The Bertz CT molecular complexity index is 1350. The van der Waals surface area contributed by atoms with Crippen molar-refractivity contribution in [2.24, 2.45) is 0 Å². The maximum Gasteiger partial charge on any atom is 0.250 e. The number of rotatable bonds is 7. The molecule has 0 saturated heterocycles. The van der Waals surface area contributed by atoms with Crippen molar-refractivity contribution in [3.05, 3.63) is 76.9 Å². The Kier molecular flexibility index (Phi) is 6.63. The molecule has 1 N–H and O–H groups in total. The molecule has 1 aliphatic carbocycles. The third kappa shape index (κ3) is 4.97. The number of nitrogens with zero attached hydrogens (tertiary/aromatic N) is 3. The van der Waals surface area contributed by atoms with E-state index in [1.807, 2.05) is 54.7 Å². The van der Waals surface area contributed by atoms with Crippen LogP contribution in [0.2, 0.25) is 0 Å². The molecule has 4 aromatic rings. The van der Waals surface area contributed by atoms with E-state index in [-0.39, 0.29) is 5.91 Å². The largest absolute Gasteiger partial charge is 0.493 e. The molecule has 5 rings (SSSR count). The van der Waals surface area contributed by atoms with Crippen molar-refractivity contribution in [3.63, 3.8) is 0 Å². The molecule has 8 heteroatoms. The smallest absolute Gasteiger partial charge is 0.250 e. The van der Waals surface area contributed by atoms with E-state index in [4.69, 9.17) is 14.6 Å². The van der Waals surface area contributed by atoms with Gasteiger partial charge in [0.25, 0.3) is 0 Å². The number of anilines is 1. The van der Waals surface area contributed by atoms with Crippen LogP contribution in [0.4, 0.5) is 5.13 Å². The van der Waals surface area contributed by atoms with Crippen molar-refractivity contribution in [1.29, 1.82) is 0 Å². The summed E-state index contributed by atoms with van der Waals surface area (Å²) in [5.74, 6) is 1.03. The molecular formula is C27H26N4O3S. The summed E-state index contributed by atoms with van der Waals surface area (Å²) in [7, 11) is 3.21. The van der Waals surface area contributed by atoms with Gasteiger partial charge < -0.3 is 9.47 Å². The van der Waals surface area contributed by atoms with Crippen LogP contribution in [0.5, 0.6) is 11.5 Å². The summed E-state index contributed by atoms with van der Waals surface area (Å²) >= 11 is 1.58.